The minimum atomic E-state index is -0.419. The molecule has 2 aromatic carbocycles. The number of azo groups is 1. The molecule has 146 valence electrons. The number of carbonyl (C=O) groups excluding carboxylic acids is 1. The first-order chi connectivity index (χ1) is 13.6. The van der Waals surface area contributed by atoms with Gasteiger partial charge < -0.3 is 14.6 Å². The summed E-state index contributed by atoms with van der Waals surface area (Å²) < 4.78 is 1.83. The van der Waals surface area contributed by atoms with Crippen LogP contribution in [0.3, 0.4) is 0 Å². The fraction of sp³-hybridized carbons (Fsp3) is 0.318. The van der Waals surface area contributed by atoms with Crippen LogP contribution in [0.1, 0.15) is 29.8 Å². The maximum atomic E-state index is 12.4. The van der Waals surface area contributed by atoms with E-state index in [1.54, 1.807) is 12.1 Å². The van der Waals surface area contributed by atoms with Crippen molar-refractivity contribution < 1.29 is 9.90 Å². The highest BCUT2D eigenvalue weighted by Crippen LogP contribution is 2.38. The van der Waals surface area contributed by atoms with E-state index in [0.29, 0.717) is 17.8 Å². The molecule has 0 saturated heterocycles. The minimum Gasteiger partial charge on any atom is -0.493 e. The number of nitrogens with zero attached hydrogens (tertiary/aromatic N) is 4. The fourth-order valence-corrected chi connectivity index (χ4v) is 3.34. The lowest BCUT2D eigenvalue weighted by Crippen LogP contribution is -2.26. The second-order valence-corrected chi connectivity index (χ2v) is 6.69. The Balaban J connectivity index is 1.94. The van der Waals surface area contributed by atoms with Crippen molar-refractivity contribution in [3.8, 4) is 5.88 Å². The molecule has 6 nitrogen and oxygen atoms in total. The number of amides is 1. The van der Waals surface area contributed by atoms with Gasteiger partial charge in [0, 0.05) is 24.0 Å². The predicted molar refractivity (Wildman–Crippen MR) is 111 cm³/mol. The largest absolute Gasteiger partial charge is 0.493 e. The van der Waals surface area contributed by atoms with Gasteiger partial charge >= 0.3 is 0 Å². The molecule has 0 unspecified atom stereocenters. The highest BCUT2D eigenvalue weighted by Gasteiger charge is 2.17. The van der Waals surface area contributed by atoms with E-state index < -0.39 is 5.91 Å². The number of likely N-dealkylation sites (N-methyl/N-ethyl adjacent to an activating group) is 1. The Kier molecular flexibility index (Phi) is 6.21. The lowest BCUT2D eigenvalue weighted by Gasteiger charge is -2.18. The van der Waals surface area contributed by atoms with Crippen molar-refractivity contribution in [3.63, 3.8) is 0 Å². The molecule has 0 radical (unpaired) electrons. The number of para-hydroxylation sites is 1. The number of aromatic nitrogens is 1. The molecule has 3 rings (SSSR count). The van der Waals surface area contributed by atoms with Crippen LogP contribution in [0.2, 0.25) is 0 Å². The quantitative estimate of drug-likeness (QED) is 0.593. The van der Waals surface area contributed by atoms with E-state index in [2.05, 4.69) is 29.0 Å². The predicted octanol–water partition coefficient (Wildman–Crippen LogP) is 4.92. The number of aryl methyl sites for hydroxylation is 1. The van der Waals surface area contributed by atoms with Gasteiger partial charge in [-0.25, -0.2) is 0 Å². The molecule has 1 N–H and O–H groups in total. The summed E-state index contributed by atoms with van der Waals surface area (Å²) in [5.74, 6) is -0.382. The van der Waals surface area contributed by atoms with Crippen molar-refractivity contribution >= 4 is 22.5 Å². The minimum absolute atomic E-state index is 0.0367. The van der Waals surface area contributed by atoms with Crippen molar-refractivity contribution in [2.45, 2.75) is 27.3 Å². The topological polar surface area (TPSA) is 70.2 Å². The average molecular weight is 378 g/mol. The van der Waals surface area contributed by atoms with Crippen LogP contribution in [-0.2, 0) is 6.54 Å². The normalized spacial score (nSPS) is 11.7. The van der Waals surface area contributed by atoms with Crippen molar-refractivity contribution in [1.82, 2.24) is 9.47 Å². The zero-order valence-electron chi connectivity index (χ0n) is 16.6. The molecule has 3 aromatic rings. The van der Waals surface area contributed by atoms with Crippen LogP contribution in [0.25, 0.3) is 10.9 Å². The van der Waals surface area contributed by atoms with Crippen LogP contribution >= 0.6 is 0 Å². The molecule has 0 saturated carbocycles. The lowest BCUT2D eigenvalue weighted by atomic mass is 10.1. The van der Waals surface area contributed by atoms with Gasteiger partial charge in [0.2, 0.25) is 5.88 Å². The molecule has 28 heavy (non-hydrogen) atoms. The van der Waals surface area contributed by atoms with Crippen LogP contribution in [0, 0.1) is 6.92 Å². The summed E-state index contributed by atoms with van der Waals surface area (Å²) in [6.07, 6.45) is 0. The van der Waals surface area contributed by atoms with Crippen LogP contribution in [0.5, 0.6) is 5.88 Å². The second kappa shape index (κ2) is 8.80. The molecule has 1 aromatic heterocycles. The van der Waals surface area contributed by atoms with Crippen LogP contribution in [-0.4, -0.2) is 40.1 Å². The first kappa shape index (κ1) is 19.8. The lowest BCUT2D eigenvalue weighted by molar-refractivity contribution is 0.0994. The van der Waals surface area contributed by atoms with Gasteiger partial charge in [-0.3, -0.25) is 4.79 Å². The molecule has 0 aliphatic rings. The van der Waals surface area contributed by atoms with Crippen LogP contribution in [0.4, 0.5) is 5.69 Å². The van der Waals surface area contributed by atoms with Gasteiger partial charge in [-0.05, 0) is 37.7 Å². The third kappa shape index (κ3) is 3.97. The third-order valence-corrected chi connectivity index (χ3v) is 5.07. The summed E-state index contributed by atoms with van der Waals surface area (Å²) >= 11 is 0. The highest BCUT2D eigenvalue weighted by atomic mass is 16.3. The van der Waals surface area contributed by atoms with Gasteiger partial charge in [0.15, 0.2) is 5.69 Å². The molecule has 0 fully saturated rings. The molecule has 1 heterocycles. The van der Waals surface area contributed by atoms with Crippen molar-refractivity contribution in [3.05, 3.63) is 59.7 Å². The standard InChI is InChI=1S/C22H26N4O2/c1-4-25(5-2)14-15-26-19-13-9-8-12-18(19)20(22(26)28)23-24-21(27)17-11-7-6-10-16(17)3/h6-13,28H,4-5,14-15H2,1-3H3. The van der Waals surface area contributed by atoms with E-state index in [1.165, 1.54) is 0 Å². The number of rotatable bonds is 7. The number of fused-ring (bicyclic) bond motifs is 1. The molecule has 0 aliphatic heterocycles. The molecule has 1 amide bonds. The van der Waals surface area contributed by atoms with E-state index >= 15 is 0 Å². The van der Waals surface area contributed by atoms with E-state index in [4.69, 9.17) is 0 Å². The maximum absolute atomic E-state index is 12.4. The third-order valence-electron chi connectivity index (χ3n) is 5.07. The number of carbonyl (C=O) groups is 1. The Morgan fingerprint density at radius 1 is 1.07 bits per heavy atom. The van der Waals surface area contributed by atoms with E-state index in [1.807, 2.05) is 47.9 Å². The van der Waals surface area contributed by atoms with Crippen molar-refractivity contribution in [2.75, 3.05) is 19.6 Å². The molecule has 0 bridgehead atoms. The van der Waals surface area contributed by atoms with Crippen LogP contribution < -0.4 is 0 Å². The number of aromatic hydroxyl groups is 1. The van der Waals surface area contributed by atoms with E-state index in [0.717, 1.165) is 36.1 Å². The summed E-state index contributed by atoms with van der Waals surface area (Å²) in [6, 6.07) is 14.9. The van der Waals surface area contributed by atoms with Gasteiger partial charge in [0.25, 0.3) is 5.91 Å². The van der Waals surface area contributed by atoms with Crippen molar-refractivity contribution in [1.29, 1.82) is 0 Å². The fourth-order valence-electron chi connectivity index (χ4n) is 3.34. The SMILES string of the molecule is CCN(CC)CCn1c(O)c(N=NC(=O)c2ccccc2C)c2ccccc21. The van der Waals surface area contributed by atoms with Crippen LogP contribution in [0.15, 0.2) is 58.8 Å². The summed E-state index contributed by atoms with van der Waals surface area (Å²) in [5.41, 5.74) is 2.56. The molecule has 0 aliphatic carbocycles. The van der Waals surface area contributed by atoms with Gasteiger partial charge in [-0.1, -0.05) is 50.2 Å². The average Bonchev–Trinajstić information content (AvgIpc) is 2.98. The zero-order valence-corrected chi connectivity index (χ0v) is 16.6. The molecule has 0 atom stereocenters. The monoisotopic (exact) mass is 378 g/mol. The summed E-state index contributed by atoms with van der Waals surface area (Å²) in [5, 5.41) is 19.6. The van der Waals surface area contributed by atoms with E-state index in [-0.39, 0.29) is 5.88 Å². The first-order valence-electron chi connectivity index (χ1n) is 9.61. The smallest absolute Gasteiger partial charge is 0.295 e. The Morgan fingerprint density at radius 2 is 1.75 bits per heavy atom. The molecular formula is C22H26N4O2. The number of hydrogen-bond donors (Lipinski definition) is 1. The van der Waals surface area contributed by atoms with Gasteiger partial charge in [-0.15, -0.1) is 10.2 Å². The van der Waals surface area contributed by atoms with Gasteiger partial charge in [0.1, 0.15) is 0 Å². The Labute approximate surface area is 165 Å². The second-order valence-electron chi connectivity index (χ2n) is 6.69. The Bertz CT molecular complexity index is 1000. The number of benzene rings is 2. The number of hydrogen-bond acceptors (Lipinski definition) is 4. The van der Waals surface area contributed by atoms with Crippen molar-refractivity contribution in [2.24, 2.45) is 10.2 Å². The molecule has 0 spiro atoms. The van der Waals surface area contributed by atoms with E-state index in [9.17, 15) is 9.90 Å². The zero-order chi connectivity index (χ0) is 20.1. The molecule has 6 heteroatoms. The summed E-state index contributed by atoms with van der Waals surface area (Å²) in [7, 11) is 0. The Morgan fingerprint density at radius 3 is 2.46 bits per heavy atom. The summed E-state index contributed by atoms with van der Waals surface area (Å²) in [4.78, 5) is 14.7. The van der Waals surface area contributed by atoms with Gasteiger partial charge in [-0.2, -0.15) is 0 Å². The highest BCUT2D eigenvalue weighted by molar-refractivity contribution is 5.98. The first-order valence-corrected chi connectivity index (χ1v) is 9.61. The maximum Gasteiger partial charge on any atom is 0.295 e. The van der Waals surface area contributed by atoms with Gasteiger partial charge in [0.05, 0.1) is 5.52 Å². The summed E-state index contributed by atoms with van der Waals surface area (Å²) in [6.45, 7) is 9.45. The molecular weight excluding hydrogens is 352 g/mol. The Hall–Kier alpha value is -2.99.